The van der Waals surface area contributed by atoms with Crippen LogP contribution in [0.25, 0.3) is 0 Å². The van der Waals surface area contributed by atoms with E-state index in [0.717, 1.165) is 17.0 Å². The summed E-state index contributed by atoms with van der Waals surface area (Å²) in [5.74, 6) is -2.46. The zero-order valence-electron chi connectivity index (χ0n) is 10.6. The average molecular weight is 308 g/mol. The highest BCUT2D eigenvalue weighted by Crippen LogP contribution is 2.28. The molecule has 1 heterocycles. The molecule has 2 aromatic rings. The Morgan fingerprint density at radius 1 is 1.00 bits per heavy atom. The number of nitrogens with zero attached hydrogens (tertiary/aromatic N) is 1. The molecule has 2 aromatic carbocycles. The van der Waals surface area contributed by atoms with Gasteiger partial charge in [0.2, 0.25) is 0 Å². The van der Waals surface area contributed by atoms with E-state index in [4.69, 9.17) is 11.6 Å². The van der Waals surface area contributed by atoms with Crippen molar-refractivity contribution in [3.05, 3.63) is 69.7 Å². The predicted molar refractivity (Wildman–Crippen MR) is 72.0 cm³/mol. The van der Waals surface area contributed by atoms with Gasteiger partial charge < -0.3 is 0 Å². The predicted octanol–water partition coefficient (Wildman–Crippen LogP) is 3.41. The summed E-state index contributed by atoms with van der Waals surface area (Å²) in [5, 5.41) is 0.123. The first kappa shape index (κ1) is 13.7. The number of halogens is 3. The van der Waals surface area contributed by atoms with Gasteiger partial charge in [-0.25, -0.2) is 8.78 Å². The van der Waals surface area contributed by atoms with Crippen molar-refractivity contribution >= 4 is 23.4 Å². The fourth-order valence-electron chi connectivity index (χ4n) is 2.25. The van der Waals surface area contributed by atoms with Crippen LogP contribution in [0.1, 0.15) is 26.3 Å². The number of rotatable bonds is 2. The van der Waals surface area contributed by atoms with Gasteiger partial charge >= 0.3 is 0 Å². The quantitative estimate of drug-likeness (QED) is 0.797. The van der Waals surface area contributed by atoms with Crippen LogP contribution < -0.4 is 0 Å². The third-order valence-electron chi connectivity index (χ3n) is 3.31. The Bertz CT molecular complexity index is 756. The largest absolute Gasteiger partial charge is 0.270 e. The number of benzene rings is 2. The fourth-order valence-corrected chi connectivity index (χ4v) is 2.47. The lowest BCUT2D eigenvalue weighted by Crippen LogP contribution is -2.29. The molecule has 0 aromatic heterocycles. The molecule has 2 amide bonds. The van der Waals surface area contributed by atoms with Gasteiger partial charge in [-0.05, 0) is 30.3 Å². The van der Waals surface area contributed by atoms with Crippen molar-refractivity contribution < 1.29 is 18.4 Å². The summed E-state index contributed by atoms with van der Waals surface area (Å²) in [4.78, 5) is 25.2. The number of imide groups is 1. The van der Waals surface area contributed by atoms with E-state index in [9.17, 15) is 18.4 Å². The van der Waals surface area contributed by atoms with E-state index < -0.39 is 23.4 Å². The van der Waals surface area contributed by atoms with Crippen LogP contribution in [0, 0.1) is 11.6 Å². The zero-order valence-corrected chi connectivity index (χ0v) is 11.3. The van der Waals surface area contributed by atoms with Gasteiger partial charge in [-0.15, -0.1) is 0 Å². The first-order chi connectivity index (χ1) is 9.99. The van der Waals surface area contributed by atoms with E-state index in [0.29, 0.717) is 0 Å². The summed E-state index contributed by atoms with van der Waals surface area (Å²) < 4.78 is 26.9. The second-order valence-electron chi connectivity index (χ2n) is 4.59. The van der Waals surface area contributed by atoms with Crippen LogP contribution in [0.5, 0.6) is 0 Å². The van der Waals surface area contributed by atoms with Gasteiger partial charge in [-0.1, -0.05) is 17.7 Å². The fraction of sp³-hybridized carbons (Fsp3) is 0.0667. The second-order valence-corrected chi connectivity index (χ2v) is 4.99. The molecule has 106 valence electrons. The van der Waals surface area contributed by atoms with Crippen LogP contribution in [0.3, 0.4) is 0 Å². The summed E-state index contributed by atoms with van der Waals surface area (Å²) in [6, 6.07) is 7.44. The number of carbonyl (C=O) groups is 2. The molecule has 3 nitrogen and oxygen atoms in total. The normalized spacial score (nSPS) is 13.8. The van der Waals surface area contributed by atoms with Crippen LogP contribution in [0.15, 0.2) is 36.4 Å². The highest BCUT2D eigenvalue weighted by Gasteiger charge is 2.36. The summed E-state index contributed by atoms with van der Waals surface area (Å²) in [7, 11) is 0. The summed E-state index contributed by atoms with van der Waals surface area (Å²) >= 11 is 5.89. The van der Waals surface area contributed by atoms with E-state index in [-0.39, 0.29) is 28.3 Å². The molecule has 0 fully saturated rings. The first-order valence-electron chi connectivity index (χ1n) is 6.07. The lowest BCUT2D eigenvalue weighted by molar-refractivity contribution is 0.0641. The maximum Gasteiger partial charge on any atom is 0.261 e. The van der Waals surface area contributed by atoms with E-state index in [1.807, 2.05) is 0 Å². The molecule has 0 spiro atoms. The monoisotopic (exact) mass is 307 g/mol. The minimum absolute atomic E-state index is 0.0209. The topological polar surface area (TPSA) is 37.4 Å². The van der Waals surface area contributed by atoms with Gasteiger partial charge in [0.05, 0.1) is 17.7 Å². The average Bonchev–Trinajstić information content (AvgIpc) is 2.67. The molecule has 0 atom stereocenters. The molecule has 0 saturated carbocycles. The minimum Gasteiger partial charge on any atom is -0.270 e. The Kier molecular flexibility index (Phi) is 3.22. The molecule has 0 N–H and O–H groups in total. The maximum absolute atomic E-state index is 13.8. The summed E-state index contributed by atoms with van der Waals surface area (Å²) in [6.07, 6.45) is 0. The molecule has 21 heavy (non-hydrogen) atoms. The van der Waals surface area contributed by atoms with Crippen molar-refractivity contribution in [3.8, 4) is 0 Å². The molecule has 0 aliphatic carbocycles. The summed E-state index contributed by atoms with van der Waals surface area (Å²) in [6.45, 7) is -0.292. The lowest BCUT2D eigenvalue weighted by atomic mass is 10.1. The highest BCUT2D eigenvalue weighted by atomic mass is 35.5. The van der Waals surface area contributed by atoms with Crippen molar-refractivity contribution in [2.24, 2.45) is 0 Å². The van der Waals surface area contributed by atoms with E-state index in [1.54, 1.807) is 0 Å². The van der Waals surface area contributed by atoms with Crippen LogP contribution in [-0.2, 0) is 6.54 Å². The molecule has 0 saturated heterocycles. The number of fused-ring (bicyclic) bond motifs is 1. The number of hydrogen-bond donors (Lipinski definition) is 0. The Morgan fingerprint density at radius 3 is 2.43 bits per heavy atom. The minimum atomic E-state index is -0.659. The van der Waals surface area contributed by atoms with Gasteiger partial charge in [0.15, 0.2) is 0 Å². The van der Waals surface area contributed by atoms with Crippen LogP contribution in [-0.4, -0.2) is 16.7 Å². The molecule has 3 rings (SSSR count). The number of hydrogen-bond acceptors (Lipinski definition) is 2. The van der Waals surface area contributed by atoms with Crippen molar-refractivity contribution in [1.29, 1.82) is 0 Å². The Balaban J connectivity index is 1.99. The first-order valence-corrected chi connectivity index (χ1v) is 6.45. The molecule has 1 aliphatic heterocycles. The van der Waals surface area contributed by atoms with E-state index >= 15 is 0 Å². The lowest BCUT2D eigenvalue weighted by Gasteiger charge is -2.15. The molecule has 0 bridgehead atoms. The molecule has 1 aliphatic rings. The van der Waals surface area contributed by atoms with Crippen molar-refractivity contribution in [1.82, 2.24) is 4.90 Å². The van der Waals surface area contributed by atoms with Crippen LogP contribution in [0.2, 0.25) is 5.02 Å². The maximum atomic E-state index is 13.8. The second kappa shape index (κ2) is 4.93. The molecule has 0 unspecified atom stereocenters. The molecular formula is C15H8ClF2NO2. The van der Waals surface area contributed by atoms with E-state index in [1.165, 1.54) is 24.3 Å². The SMILES string of the molecule is O=C1c2ccc(F)cc2C(=O)N1Cc1c(F)cccc1Cl. The van der Waals surface area contributed by atoms with Gasteiger partial charge in [-0.2, -0.15) is 0 Å². The van der Waals surface area contributed by atoms with Gasteiger partial charge in [-0.3, -0.25) is 14.5 Å². The highest BCUT2D eigenvalue weighted by molar-refractivity contribution is 6.31. The van der Waals surface area contributed by atoms with Crippen LogP contribution >= 0.6 is 11.6 Å². The van der Waals surface area contributed by atoms with Crippen molar-refractivity contribution in [3.63, 3.8) is 0 Å². The summed E-state index contributed by atoms with van der Waals surface area (Å²) in [5.41, 5.74) is 0.135. The van der Waals surface area contributed by atoms with Gasteiger partial charge in [0.1, 0.15) is 11.6 Å². The third-order valence-corrected chi connectivity index (χ3v) is 3.66. The van der Waals surface area contributed by atoms with Crippen molar-refractivity contribution in [2.75, 3.05) is 0 Å². The zero-order chi connectivity index (χ0) is 15.1. The van der Waals surface area contributed by atoms with Gasteiger partial charge in [0.25, 0.3) is 11.8 Å². The Hall–Kier alpha value is -2.27. The van der Waals surface area contributed by atoms with Gasteiger partial charge in [0, 0.05) is 10.6 Å². The Morgan fingerprint density at radius 2 is 1.71 bits per heavy atom. The molecule has 6 heteroatoms. The molecule has 0 radical (unpaired) electrons. The molecular weight excluding hydrogens is 300 g/mol. The van der Waals surface area contributed by atoms with Crippen LogP contribution in [0.4, 0.5) is 8.78 Å². The third kappa shape index (κ3) is 2.19. The van der Waals surface area contributed by atoms with E-state index in [2.05, 4.69) is 0 Å². The standard InChI is InChI=1S/C15H8ClF2NO2/c16-12-2-1-3-13(18)11(12)7-19-14(20)9-5-4-8(17)6-10(9)15(19)21/h1-6H,7H2. The number of amides is 2. The Labute approximate surface area is 123 Å². The number of carbonyl (C=O) groups excluding carboxylic acids is 2. The van der Waals surface area contributed by atoms with Crippen molar-refractivity contribution in [2.45, 2.75) is 6.54 Å². The smallest absolute Gasteiger partial charge is 0.261 e.